The monoisotopic (exact) mass is 196 g/mol. The second-order valence-corrected chi connectivity index (χ2v) is 3.51. The van der Waals surface area contributed by atoms with Crippen molar-refractivity contribution in [3.05, 3.63) is 24.3 Å². The Bertz CT molecular complexity index is 256. The third-order valence-electron chi connectivity index (χ3n) is 2.07. The van der Waals surface area contributed by atoms with Crippen LogP contribution in [0.5, 0.6) is 5.75 Å². The fraction of sp³-hybridized carbons (Fsp3) is 0.455. The first kappa shape index (κ1) is 10.5. The first-order valence-corrected chi connectivity index (χ1v) is 5.17. The normalized spacial score (nSPS) is 10.5. The molecule has 0 aliphatic heterocycles. The second-order valence-electron chi connectivity index (χ2n) is 3.02. The number of ether oxygens (including phenoxy) is 1. The van der Waals surface area contributed by atoms with Crippen LogP contribution in [0.25, 0.3) is 0 Å². The molecule has 1 aromatic rings. The number of hydrogen-bond acceptors (Lipinski definition) is 2. The summed E-state index contributed by atoms with van der Waals surface area (Å²) in [5.41, 5.74) is 0. The first-order valence-electron chi connectivity index (χ1n) is 4.72. The molecule has 0 atom stereocenters. The van der Waals surface area contributed by atoms with Crippen molar-refractivity contribution in [3.63, 3.8) is 0 Å². The molecule has 1 nitrogen and oxygen atoms in total. The Balaban J connectivity index is 2.67. The van der Waals surface area contributed by atoms with Crippen LogP contribution in [-0.2, 0) is 0 Å². The second kappa shape index (κ2) is 5.18. The third-order valence-corrected chi connectivity index (χ3v) is 2.44. The molecule has 0 aliphatic carbocycles. The zero-order valence-electron chi connectivity index (χ0n) is 8.16. The van der Waals surface area contributed by atoms with Gasteiger partial charge in [0.05, 0.1) is 6.10 Å². The summed E-state index contributed by atoms with van der Waals surface area (Å²) < 4.78 is 5.77. The Morgan fingerprint density at radius 2 is 1.85 bits per heavy atom. The molecule has 0 heterocycles. The number of para-hydroxylation sites is 1. The van der Waals surface area contributed by atoms with E-state index in [2.05, 4.69) is 26.5 Å². The molecule has 0 N–H and O–H groups in total. The van der Waals surface area contributed by atoms with Crippen LogP contribution in [0, 0.1) is 0 Å². The summed E-state index contributed by atoms with van der Waals surface area (Å²) in [5, 5.41) is 0. The summed E-state index contributed by atoms with van der Waals surface area (Å²) in [7, 11) is 0. The maximum Gasteiger partial charge on any atom is 0.133 e. The predicted molar refractivity (Wildman–Crippen MR) is 58.7 cm³/mol. The van der Waals surface area contributed by atoms with Crippen molar-refractivity contribution in [2.24, 2.45) is 0 Å². The molecule has 0 spiro atoms. The van der Waals surface area contributed by atoms with Gasteiger partial charge < -0.3 is 4.74 Å². The van der Waals surface area contributed by atoms with Crippen LogP contribution in [0.15, 0.2) is 29.2 Å². The van der Waals surface area contributed by atoms with Gasteiger partial charge in [-0.1, -0.05) is 26.0 Å². The van der Waals surface area contributed by atoms with Crippen LogP contribution in [0.1, 0.15) is 26.7 Å². The molecule has 0 saturated carbocycles. The van der Waals surface area contributed by atoms with E-state index in [0.29, 0.717) is 6.10 Å². The Hall–Kier alpha value is -0.630. The van der Waals surface area contributed by atoms with Crippen LogP contribution < -0.4 is 4.74 Å². The van der Waals surface area contributed by atoms with Crippen molar-refractivity contribution < 1.29 is 4.74 Å². The summed E-state index contributed by atoms with van der Waals surface area (Å²) in [5.74, 6) is 0.888. The average Bonchev–Trinajstić information content (AvgIpc) is 2.17. The maximum atomic E-state index is 5.77. The van der Waals surface area contributed by atoms with Gasteiger partial charge in [-0.2, -0.15) is 0 Å². The molecule has 0 amide bonds. The van der Waals surface area contributed by atoms with Crippen molar-refractivity contribution >= 4 is 12.6 Å². The van der Waals surface area contributed by atoms with Crippen LogP contribution >= 0.6 is 12.6 Å². The minimum absolute atomic E-state index is 0.313. The molecule has 0 bridgehead atoms. The van der Waals surface area contributed by atoms with Gasteiger partial charge in [0.2, 0.25) is 0 Å². The summed E-state index contributed by atoms with van der Waals surface area (Å²) in [6.45, 7) is 4.27. The number of thiol groups is 1. The van der Waals surface area contributed by atoms with Gasteiger partial charge in [-0.15, -0.1) is 12.6 Å². The van der Waals surface area contributed by atoms with E-state index in [1.807, 2.05) is 24.3 Å². The summed E-state index contributed by atoms with van der Waals surface area (Å²) in [6.07, 6.45) is 2.39. The summed E-state index contributed by atoms with van der Waals surface area (Å²) in [6, 6.07) is 7.83. The Morgan fingerprint density at radius 3 is 2.38 bits per heavy atom. The van der Waals surface area contributed by atoms with E-state index in [4.69, 9.17) is 4.74 Å². The number of benzene rings is 1. The van der Waals surface area contributed by atoms with E-state index < -0.39 is 0 Å². The van der Waals surface area contributed by atoms with Crippen molar-refractivity contribution in [1.29, 1.82) is 0 Å². The van der Waals surface area contributed by atoms with Crippen LogP contribution in [0.4, 0.5) is 0 Å². The van der Waals surface area contributed by atoms with Gasteiger partial charge in [0.1, 0.15) is 5.75 Å². The Kier molecular flexibility index (Phi) is 4.16. The molecule has 0 radical (unpaired) electrons. The van der Waals surface area contributed by atoms with Gasteiger partial charge in [-0.25, -0.2) is 0 Å². The standard InChI is InChI=1S/C11H16OS/c1-3-9(4-2)12-10-7-5-6-8-11(10)13/h5-9,13H,3-4H2,1-2H3. The fourth-order valence-electron chi connectivity index (χ4n) is 1.19. The van der Waals surface area contributed by atoms with Crippen molar-refractivity contribution in [3.8, 4) is 5.75 Å². The molecule has 1 aromatic carbocycles. The van der Waals surface area contributed by atoms with Crippen molar-refractivity contribution in [2.75, 3.05) is 0 Å². The van der Waals surface area contributed by atoms with Gasteiger partial charge >= 0.3 is 0 Å². The van der Waals surface area contributed by atoms with Crippen LogP contribution in [0.2, 0.25) is 0 Å². The highest BCUT2D eigenvalue weighted by molar-refractivity contribution is 7.80. The molecule has 72 valence electrons. The Morgan fingerprint density at radius 1 is 1.23 bits per heavy atom. The lowest BCUT2D eigenvalue weighted by Crippen LogP contribution is -2.13. The molecular formula is C11H16OS. The topological polar surface area (TPSA) is 9.23 Å². The first-order chi connectivity index (χ1) is 6.27. The van der Waals surface area contributed by atoms with Crippen molar-refractivity contribution in [2.45, 2.75) is 37.7 Å². The van der Waals surface area contributed by atoms with Gasteiger partial charge in [0, 0.05) is 4.90 Å². The van der Waals surface area contributed by atoms with Gasteiger partial charge in [-0.05, 0) is 25.0 Å². The molecule has 0 unspecified atom stereocenters. The number of hydrogen-bond donors (Lipinski definition) is 1. The third kappa shape index (κ3) is 2.96. The lowest BCUT2D eigenvalue weighted by atomic mass is 10.2. The predicted octanol–water partition coefficient (Wildman–Crippen LogP) is 3.54. The van der Waals surface area contributed by atoms with E-state index in [1.165, 1.54) is 0 Å². The lowest BCUT2D eigenvalue weighted by Gasteiger charge is -2.16. The van der Waals surface area contributed by atoms with E-state index >= 15 is 0 Å². The molecule has 0 saturated heterocycles. The largest absolute Gasteiger partial charge is 0.489 e. The molecule has 0 aromatic heterocycles. The van der Waals surface area contributed by atoms with E-state index in [9.17, 15) is 0 Å². The SMILES string of the molecule is CCC(CC)Oc1ccccc1S. The fourth-order valence-corrected chi connectivity index (χ4v) is 1.41. The summed E-state index contributed by atoms with van der Waals surface area (Å²) >= 11 is 4.33. The minimum atomic E-state index is 0.313. The van der Waals surface area contributed by atoms with Crippen LogP contribution in [-0.4, -0.2) is 6.10 Å². The van der Waals surface area contributed by atoms with Gasteiger partial charge in [0.25, 0.3) is 0 Å². The molecule has 2 heteroatoms. The smallest absolute Gasteiger partial charge is 0.133 e. The van der Waals surface area contributed by atoms with Crippen molar-refractivity contribution in [1.82, 2.24) is 0 Å². The van der Waals surface area contributed by atoms with Crippen LogP contribution in [0.3, 0.4) is 0 Å². The highest BCUT2D eigenvalue weighted by Crippen LogP contribution is 2.23. The lowest BCUT2D eigenvalue weighted by molar-refractivity contribution is 0.188. The zero-order valence-corrected chi connectivity index (χ0v) is 9.05. The van der Waals surface area contributed by atoms with Gasteiger partial charge in [-0.3, -0.25) is 0 Å². The van der Waals surface area contributed by atoms with Gasteiger partial charge in [0.15, 0.2) is 0 Å². The quantitative estimate of drug-likeness (QED) is 0.725. The molecule has 0 fully saturated rings. The minimum Gasteiger partial charge on any atom is -0.489 e. The summed E-state index contributed by atoms with van der Waals surface area (Å²) in [4.78, 5) is 0.911. The molecule has 13 heavy (non-hydrogen) atoms. The zero-order chi connectivity index (χ0) is 9.68. The molecule has 1 rings (SSSR count). The molecular weight excluding hydrogens is 180 g/mol. The van der Waals surface area contributed by atoms with E-state index in [0.717, 1.165) is 23.5 Å². The highest BCUT2D eigenvalue weighted by atomic mass is 32.1. The van der Waals surface area contributed by atoms with E-state index in [-0.39, 0.29) is 0 Å². The average molecular weight is 196 g/mol. The maximum absolute atomic E-state index is 5.77. The highest BCUT2D eigenvalue weighted by Gasteiger charge is 2.06. The molecule has 0 aliphatic rings. The Labute approximate surface area is 85.5 Å². The number of rotatable bonds is 4. The van der Waals surface area contributed by atoms with E-state index in [1.54, 1.807) is 0 Å².